The van der Waals surface area contributed by atoms with E-state index in [1.165, 1.54) is 0 Å². The van der Waals surface area contributed by atoms with Crippen LogP contribution in [0.25, 0.3) is 0 Å². The Hall–Kier alpha value is -2.57. The van der Waals surface area contributed by atoms with Crippen LogP contribution in [0.15, 0.2) is 30.6 Å². The van der Waals surface area contributed by atoms with Gasteiger partial charge in [-0.25, -0.2) is 9.97 Å². The molecule has 1 fully saturated rings. The number of nitrogens with one attached hydrogen (secondary N) is 1. The lowest BCUT2D eigenvalue weighted by atomic mass is 10.2. The number of pyridine rings is 1. The summed E-state index contributed by atoms with van der Waals surface area (Å²) in [6, 6.07) is 5.87. The van der Waals surface area contributed by atoms with Gasteiger partial charge in [-0.2, -0.15) is 4.98 Å². The minimum atomic E-state index is 0.582. The topological polar surface area (TPSA) is 66.4 Å². The fraction of sp³-hybridized carbons (Fsp3) is 0.500. The molecule has 0 spiro atoms. The molecule has 0 amide bonds. The van der Waals surface area contributed by atoms with Crippen molar-refractivity contribution < 1.29 is 4.74 Å². The molecular formula is C18H26N6O. The van der Waals surface area contributed by atoms with E-state index in [-0.39, 0.29) is 0 Å². The summed E-state index contributed by atoms with van der Waals surface area (Å²) in [5.41, 5.74) is 0. The number of anilines is 3. The number of aromatic nitrogens is 3. The minimum absolute atomic E-state index is 0.582. The van der Waals surface area contributed by atoms with Gasteiger partial charge in [-0.05, 0) is 24.1 Å². The minimum Gasteiger partial charge on any atom is -0.495 e. The van der Waals surface area contributed by atoms with E-state index in [1.807, 2.05) is 24.4 Å². The number of piperazine rings is 1. The van der Waals surface area contributed by atoms with Gasteiger partial charge in [0, 0.05) is 38.9 Å². The monoisotopic (exact) mass is 342 g/mol. The lowest BCUT2D eigenvalue weighted by Crippen LogP contribution is -2.47. The van der Waals surface area contributed by atoms with Gasteiger partial charge in [0.05, 0.1) is 13.3 Å². The quantitative estimate of drug-likeness (QED) is 0.864. The fourth-order valence-electron chi connectivity index (χ4n) is 2.72. The van der Waals surface area contributed by atoms with Crippen LogP contribution in [0, 0.1) is 5.92 Å². The zero-order valence-corrected chi connectivity index (χ0v) is 15.1. The Kier molecular flexibility index (Phi) is 5.53. The second-order valence-corrected chi connectivity index (χ2v) is 6.55. The number of ether oxygens (including phenoxy) is 1. The summed E-state index contributed by atoms with van der Waals surface area (Å²) in [4.78, 5) is 18.0. The van der Waals surface area contributed by atoms with Crippen LogP contribution in [0.5, 0.6) is 5.75 Å². The molecule has 1 aliphatic heterocycles. The van der Waals surface area contributed by atoms with Crippen molar-refractivity contribution in [3.05, 3.63) is 30.6 Å². The van der Waals surface area contributed by atoms with Crippen LogP contribution in [0.4, 0.5) is 17.6 Å². The third kappa shape index (κ3) is 4.49. The molecular weight excluding hydrogens is 316 g/mol. The third-order valence-electron chi connectivity index (χ3n) is 4.18. The van der Waals surface area contributed by atoms with E-state index in [2.05, 4.69) is 43.9 Å². The lowest BCUT2D eigenvalue weighted by Gasteiger charge is -2.35. The highest BCUT2D eigenvalue weighted by Crippen LogP contribution is 2.19. The van der Waals surface area contributed by atoms with Gasteiger partial charge in [0.15, 0.2) is 0 Å². The van der Waals surface area contributed by atoms with Gasteiger partial charge in [0.25, 0.3) is 0 Å². The third-order valence-corrected chi connectivity index (χ3v) is 4.18. The van der Waals surface area contributed by atoms with Crippen LogP contribution in [-0.2, 0) is 0 Å². The van der Waals surface area contributed by atoms with Gasteiger partial charge < -0.3 is 19.9 Å². The molecule has 1 aliphatic rings. The first-order valence-corrected chi connectivity index (χ1v) is 8.72. The molecule has 7 heteroatoms. The molecule has 0 bridgehead atoms. The number of rotatable bonds is 6. The van der Waals surface area contributed by atoms with Gasteiger partial charge in [0.2, 0.25) is 5.95 Å². The van der Waals surface area contributed by atoms with Crippen molar-refractivity contribution in [3.8, 4) is 5.75 Å². The number of nitrogens with zero attached hydrogens (tertiary/aromatic N) is 5. The molecule has 134 valence electrons. The predicted molar refractivity (Wildman–Crippen MR) is 101 cm³/mol. The van der Waals surface area contributed by atoms with Crippen LogP contribution in [0.2, 0.25) is 0 Å². The van der Waals surface area contributed by atoms with E-state index in [1.54, 1.807) is 13.3 Å². The Morgan fingerprint density at radius 2 is 1.84 bits per heavy atom. The van der Waals surface area contributed by atoms with E-state index in [4.69, 9.17) is 4.74 Å². The average molecular weight is 342 g/mol. The van der Waals surface area contributed by atoms with Gasteiger partial charge >= 0.3 is 0 Å². The van der Waals surface area contributed by atoms with Crippen LogP contribution in [-0.4, -0.2) is 54.8 Å². The number of hydrogen-bond acceptors (Lipinski definition) is 7. The van der Waals surface area contributed by atoms with Crippen molar-refractivity contribution in [1.29, 1.82) is 0 Å². The molecule has 0 saturated carbocycles. The van der Waals surface area contributed by atoms with Crippen molar-refractivity contribution in [2.75, 3.05) is 55.0 Å². The summed E-state index contributed by atoms with van der Waals surface area (Å²) >= 11 is 0. The van der Waals surface area contributed by atoms with E-state index >= 15 is 0 Å². The van der Waals surface area contributed by atoms with Gasteiger partial charge in [-0.15, -0.1) is 0 Å². The fourth-order valence-corrected chi connectivity index (χ4v) is 2.72. The highest BCUT2D eigenvalue weighted by molar-refractivity contribution is 5.46. The van der Waals surface area contributed by atoms with Crippen molar-refractivity contribution >= 4 is 17.6 Å². The summed E-state index contributed by atoms with van der Waals surface area (Å²) in [5.74, 6) is 4.02. The second kappa shape index (κ2) is 8.00. The molecule has 2 aromatic heterocycles. The van der Waals surface area contributed by atoms with Gasteiger partial charge in [-0.3, -0.25) is 0 Å². The molecule has 0 aliphatic carbocycles. The molecule has 3 heterocycles. The normalized spacial score (nSPS) is 14.7. The average Bonchev–Trinajstić information content (AvgIpc) is 2.67. The zero-order valence-electron chi connectivity index (χ0n) is 15.1. The van der Waals surface area contributed by atoms with E-state index < -0.39 is 0 Å². The van der Waals surface area contributed by atoms with Crippen LogP contribution >= 0.6 is 0 Å². The molecule has 2 aromatic rings. The molecule has 0 radical (unpaired) electrons. The first kappa shape index (κ1) is 17.3. The molecule has 0 unspecified atom stereocenters. The van der Waals surface area contributed by atoms with Gasteiger partial charge in [0.1, 0.15) is 17.4 Å². The van der Waals surface area contributed by atoms with E-state index in [0.29, 0.717) is 5.92 Å². The molecule has 0 aromatic carbocycles. The predicted octanol–water partition coefficient (Wildman–Crippen LogP) is 2.27. The lowest BCUT2D eigenvalue weighted by molar-refractivity contribution is 0.413. The molecule has 1 N–H and O–H groups in total. The molecule has 3 rings (SSSR count). The standard InChI is InChI=1S/C18H26N6O/c1-14(2)12-20-16-6-7-19-18(22-16)24-10-8-23(9-11-24)17-5-4-15(25-3)13-21-17/h4-7,13-14H,8-12H2,1-3H3,(H,19,20,22). The molecule has 25 heavy (non-hydrogen) atoms. The molecule has 0 atom stereocenters. The smallest absolute Gasteiger partial charge is 0.227 e. The largest absolute Gasteiger partial charge is 0.495 e. The first-order valence-electron chi connectivity index (χ1n) is 8.72. The molecule has 1 saturated heterocycles. The highest BCUT2D eigenvalue weighted by atomic mass is 16.5. The maximum atomic E-state index is 5.17. The zero-order chi connectivity index (χ0) is 17.6. The van der Waals surface area contributed by atoms with Crippen molar-refractivity contribution in [2.45, 2.75) is 13.8 Å². The van der Waals surface area contributed by atoms with E-state index in [9.17, 15) is 0 Å². The summed E-state index contributed by atoms with van der Waals surface area (Å²) in [7, 11) is 1.65. The van der Waals surface area contributed by atoms with Crippen LogP contribution < -0.4 is 19.9 Å². The van der Waals surface area contributed by atoms with E-state index in [0.717, 1.165) is 56.1 Å². The molecule has 7 nitrogen and oxygen atoms in total. The number of methoxy groups -OCH3 is 1. The summed E-state index contributed by atoms with van der Waals surface area (Å²) in [6.45, 7) is 8.82. The van der Waals surface area contributed by atoms with Crippen LogP contribution in [0.1, 0.15) is 13.8 Å². The SMILES string of the molecule is COc1ccc(N2CCN(c3nccc(NCC(C)C)n3)CC2)nc1. The second-order valence-electron chi connectivity index (χ2n) is 6.55. The van der Waals surface area contributed by atoms with Gasteiger partial charge in [-0.1, -0.05) is 13.8 Å². The van der Waals surface area contributed by atoms with Crippen molar-refractivity contribution in [2.24, 2.45) is 5.92 Å². The van der Waals surface area contributed by atoms with Crippen molar-refractivity contribution in [1.82, 2.24) is 15.0 Å². The Bertz CT molecular complexity index is 668. The van der Waals surface area contributed by atoms with Crippen molar-refractivity contribution in [3.63, 3.8) is 0 Å². The number of hydrogen-bond donors (Lipinski definition) is 1. The Balaban J connectivity index is 1.59. The summed E-state index contributed by atoms with van der Waals surface area (Å²) in [6.07, 6.45) is 3.58. The Morgan fingerprint density at radius 1 is 1.08 bits per heavy atom. The summed E-state index contributed by atoms with van der Waals surface area (Å²) < 4.78 is 5.17. The first-order chi connectivity index (χ1) is 12.2. The maximum Gasteiger partial charge on any atom is 0.227 e. The Morgan fingerprint density at radius 3 is 2.48 bits per heavy atom. The Labute approximate surface area is 149 Å². The highest BCUT2D eigenvalue weighted by Gasteiger charge is 2.20. The van der Waals surface area contributed by atoms with Crippen LogP contribution in [0.3, 0.4) is 0 Å². The maximum absolute atomic E-state index is 5.17. The summed E-state index contributed by atoms with van der Waals surface area (Å²) in [5, 5.41) is 3.36.